The van der Waals surface area contributed by atoms with Gasteiger partial charge in [0.1, 0.15) is 11.5 Å². The minimum absolute atomic E-state index is 0.234. The van der Waals surface area contributed by atoms with Crippen molar-refractivity contribution in [2.75, 3.05) is 5.32 Å². The molecule has 0 heterocycles. The van der Waals surface area contributed by atoms with Gasteiger partial charge in [-0.2, -0.15) is 4.39 Å². The van der Waals surface area contributed by atoms with E-state index in [-0.39, 0.29) is 16.8 Å². The molecule has 0 saturated heterocycles. The fourth-order valence-electron chi connectivity index (χ4n) is 2.48. The molecule has 3 rings (SSSR count). The van der Waals surface area contributed by atoms with Gasteiger partial charge in [-0.25, -0.2) is 4.79 Å². The topological polar surface area (TPSA) is 75.6 Å². The van der Waals surface area contributed by atoms with Crippen molar-refractivity contribution in [2.24, 2.45) is 0 Å². The van der Waals surface area contributed by atoms with Crippen LogP contribution in [0.5, 0.6) is 11.5 Å². The van der Waals surface area contributed by atoms with Crippen LogP contribution < -0.4 is 10.1 Å². The average molecular weight is 377 g/mol. The summed E-state index contributed by atoms with van der Waals surface area (Å²) in [6.07, 6.45) is 0.852. The predicted molar refractivity (Wildman–Crippen MR) is 104 cm³/mol. The fourth-order valence-corrected chi connectivity index (χ4v) is 2.48. The van der Waals surface area contributed by atoms with Crippen molar-refractivity contribution in [2.45, 2.75) is 0 Å². The van der Waals surface area contributed by atoms with Crippen LogP contribution >= 0.6 is 0 Å². The van der Waals surface area contributed by atoms with E-state index in [0.717, 1.165) is 6.08 Å². The van der Waals surface area contributed by atoms with Gasteiger partial charge in [0.05, 0.1) is 5.56 Å². The highest BCUT2D eigenvalue weighted by molar-refractivity contribution is 6.07. The second kappa shape index (κ2) is 8.64. The number of para-hydroxylation sites is 3. The lowest BCUT2D eigenvalue weighted by molar-refractivity contribution is -0.134. The van der Waals surface area contributed by atoms with Crippen molar-refractivity contribution < 1.29 is 23.8 Å². The Bertz CT molecular complexity index is 1030. The van der Waals surface area contributed by atoms with E-state index < -0.39 is 17.7 Å². The lowest BCUT2D eigenvalue weighted by atomic mass is 10.1. The minimum atomic E-state index is -1.68. The normalized spacial score (nSPS) is 11.0. The van der Waals surface area contributed by atoms with Gasteiger partial charge in [0.15, 0.2) is 0 Å². The van der Waals surface area contributed by atoms with Crippen LogP contribution in [-0.4, -0.2) is 17.0 Å². The number of amides is 1. The predicted octanol–water partition coefficient (Wildman–Crippen LogP) is 5.13. The molecule has 28 heavy (non-hydrogen) atoms. The number of hydrogen-bond donors (Lipinski definition) is 2. The monoisotopic (exact) mass is 377 g/mol. The first-order chi connectivity index (χ1) is 13.5. The molecular weight excluding hydrogens is 361 g/mol. The lowest BCUT2D eigenvalue weighted by Gasteiger charge is -2.12. The Morgan fingerprint density at radius 2 is 1.54 bits per heavy atom. The van der Waals surface area contributed by atoms with Crippen molar-refractivity contribution in [3.63, 3.8) is 0 Å². The molecule has 0 bridgehead atoms. The SMILES string of the molecule is O=C(O)C(F)=Cc1ccccc1NC(=O)c1ccccc1Oc1ccccc1. The van der Waals surface area contributed by atoms with E-state index in [1.165, 1.54) is 6.07 Å². The van der Waals surface area contributed by atoms with Gasteiger partial charge in [-0.15, -0.1) is 0 Å². The number of rotatable bonds is 6. The molecule has 3 aromatic carbocycles. The molecule has 2 N–H and O–H groups in total. The van der Waals surface area contributed by atoms with Crippen molar-refractivity contribution in [3.05, 3.63) is 95.8 Å². The smallest absolute Gasteiger partial charge is 0.364 e. The Morgan fingerprint density at radius 1 is 0.893 bits per heavy atom. The first kappa shape index (κ1) is 18.8. The highest BCUT2D eigenvalue weighted by Crippen LogP contribution is 2.27. The van der Waals surface area contributed by atoms with E-state index in [0.29, 0.717) is 11.5 Å². The molecule has 6 heteroatoms. The first-order valence-corrected chi connectivity index (χ1v) is 8.37. The number of carboxylic acid groups (broad SMARTS) is 1. The van der Waals surface area contributed by atoms with E-state index in [2.05, 4.69) is 5.32 Å². The van der Waals surface area contributed by atoms with E-state index in [9.17, 15) is 14.0 Å². The van der Waals surface area contributed by atoms with Crippen molar-refractivity contribution in [3.8, 4) is 11.5 Å². The van der Waals surface area contributed by atoms with E-state index >= 15 is 0 Å². The Balaban J connectivity index is 1.87. The summed E-state index contributed by atoms with van der Waals surface area (Å²) >= 11 is 0. The van der Waals surface area contributed by atoms with Crippen LogP contribution in [0.1, 0.15) is 15.9 Å². The Labute approximate surface area is 160 Å². The van der Waals surface area contributed by atoms with Crippen LogP contribution in [0.2, 0.25) is 0 Å². The number of benzene rings is 3. The lowest BCUT2D eigenvalue weighted by Crippen LogP contribution is -2.13. The summed E-state index contributed by atoms with van der Waals surface area (Å²) < 4.78 is 19.3. The largest absolute Gasteiger partial charge is 0.476 e. The summed E-state index contributed by atoms with van der Waals surface area (Å²) in [7, 11) is 0. The van der Waals surface area contributed by atoms with Gasteiger partial charge in [-0.05, 0) is 36.4 Å². The zero-order valence-electron chi connectivity index (χ0n) is 14.6. The van der Waals surface area contributed by atoms with E-state index in [1.807, 2.05) is 18.2 Å². The maximum atomic E-state index is 13.5. The number of nitrogens with one attached hydrogen (secondary N) is 1. The van der Waals surface area contributed by atoms with E-state index in [4.69, 9.17) is 9.84 Å². The van der Waals surface area contributed by atoms with Crippen molar-refractivity contribution in [1.82, 2.24) is 0 Å². The number of anilines is 1. The van der Waals surface area contributed by atoms with Crippen LogP contribution in [0.3, 0.4) is 0 Å². The van der Waals surface area contributed by atoms with Gasteiger partial charge < -0.3 is 15.2 Å². The molecule has 0 aliphatic heterocycles. The van der Waals surface area contributed by atoms with Gasteiger partial charge in [-0.1, -0.05) is 48.5 Å². The molecule has 0 saturated carbocycles. The van der Waals surface area contributed by atoms with Gasteiger partial charge in [-0.3, -0.25) is 4.79 Å². The number of aliphatic carboxylic acids is 1. The van der Waals surface area contributed by atoms with Gasteiger partial charge in [0.25, 0.3) is 5.91 Å². The summed E-state index contributed by atoms with van der Waals surface area (Å²) in [6, 6.07) is 22.1. The second-order valence-corrected chi connectivity index (χ2v) is 5.75. The second-order valence-electron chi connectivity index (χ2n) is 5.75. The molecule has 0 aliphatic rings. The van der Waals surface area contributed by atoms with Crippen LogP contribution in [0.25, 0.3) is 6.08 Å². The van der Waals surface area contributed by atoms with Crippen molar-refractivity contribution in [1.29, 1.82) is 0 Å². The number of carbonyl (C=O) groups excluding carboxylic acids is 1. The molecular formula is C22H16FNO4. The molecule has 0 atom stereocenters. The fraction of sp³-hybridized carbons (Fsp3) is 0. The Morgan fingerprint density at radius 3 is 2.29 bits per heavy atom. The molecule has 5 nitrogen and oxygen atoms in total. The average Bonchev–Trinajstić information content (AvgIpc) is 2.70. The highest BCUT2D eigenvalue weighted by Gasteiger charge is 2.15. The number of carbonyl (C=O) groups is 2. The summed E-state index contributed by atoms with van der Waals surface area (Å²) in [5.74, 6) is -2.54. The quantitative estimate of drug-likeness (QED) is 0.584. The number of hydrogen-bond acceptors (Lipinski definition) is 3. The Kier molecular flexibility index (Phi) is 5.81. The Hall–Kier alpha value is -3.93. The standard InChI is InChI=1S/C22H16FNO4/c23-18(22(26)27)14-15-8-4-6-12-19(15)24-21(25)17-11-5-7-13-20(17)28-16-9-2-1-3-10-16/h1-14H,(H,24,25)(H,26,27). The third kappa shape index (κ3) is 4.62. The summed E-state index contributed by atoms with van der Waals surface area (Å²) in [5, 5.41) is 11.4. The van der Waals surface area contributed by atoms with Crippen LogP contribution in [0, 0.1) is 0 Å². The molecule has 0 radical (unpaired) electrons. The van der Waals surface area contributed by atoms with E-state index in [1.54, 1.807) is 54.6 Å². The van der Waals surface area contributed by atoms with Crippen molar-refractivity contribution >= 4 is 23.6 Å². The molecule has 0 unspecified atom stereocenters. The maximum absolute atomic E-state index is 13.5. The van der Waals surface area contributed by atoms with Crippen LogP contribution in [0.4, 0.5) is 10.1 Å². The molecule has 0 fully saturated rings. The number of carboxylic acids is 1. The summed E-state index contributed by atoms with van der Waals surface area (Å²) in [5.41, 5.74) is 0.791. The number of halogens is 1. The van der Waals surface area contributed by atoms with Crippen LogP contribution in [0.15, 0.2) is 84.7 Å². The molecule has 140 valence electrons. The molecule has 0 spiro atoms. The van der Waals surface area contributed by atoms with Crippen LogP contribution in [-0.2, 0) is 4.79 Å². The zero-order chi connectivity index (χ0) is 19.9. The van der Waals surface area contributed by atoms with Gasteiger partial charge in [0, 0.05) is 11.3 Å². The minimum Gasteiger partial charge on any atom is -0.476 e. The molecule has 0 aliphatic carbocycles. The molecule has 1 amide bonds. The summed E-state index contributed by atoms with van der Waals surface area (Å²) in [4.78, 5) is 23.5. The molecule has 3 aromatic rings. The zero-order valence-corrected chi connectivity index (χ0v) is 14.6. The van der Waals surface area contributed by atoms with Gasteiger partial charge in [0.2, 0.25) is 5.83 Å². The number of ether oxygens (including phenoxy) is 1. The maximum Gasteiger partial charge on any atom is 0.364 e. The summed E-state index contributed by atoms with van der Waals surface area (Å²) in [6.45, 7) is 0. The van der Waals surface area contributed by atoms with Gasteiger partial charge >= 0.3 is 5.97 Å². The third-order valence-electron chi connectivity index (χ3n) is 3.80. The third-order valence-corrected chi connectivity index (χ3v) is 3.80. The first-order valence-electron chi connectivity index (χ1n) is 8.37. The highest BCUT2D eigenvalue weighted by atomic mass is 19.1. The molecule has 0 aromatic heterocycles.